The van der Waals surface area contributed by atoms with Crippen molar-refractivity contribution in [1.82, 2.24) is 9.97 Å². The molecular weight excluding hydrogens is 366 g/mol. The number of rotatable bonds is 5. The Morgan fingerprint density at radius 2 is 1.07 bits per heavy atom. The van der Waals surface area contributed by atoms with Gasteiger partial charge < -0.3 is 4.98 Å². The van der Waals surface area contributed by atoms with Crippen LogP contribution in [0.3, 0.4) is 0 Å². The van der Waals surface area contributed by atoms with Crippen molar-refractivity contribution in [3.8, 4) is 0 Å². The monoisotopic (exact) mass is 387 g/mol. The summed E-state index contributed by atoms with van der Waals surface area (Å²) in [6.07, 6.45) is 1.85. The molecule has 0 fully saturated rings. The van der Waals surface area contributed by atoms with E-state index in [-0.39, 0.29) is 0 Å². The normalized spacial score (nSPS) is 11.9. The van der Waals surface area contributed by atoms with Gasteiger partial charge in [0.15, 0.2) is 0 Å². The van der Waals surface area contributed by atoms with Crippen molar-refractivity contribution in [1.29, 1.82) is 0 Å². The molecule has 3 heteroatoms. The Kier molecular flexibility index (Phi) is 4.70. The summed E-state index contributed by atoms with van der Waals surface area (Å²) in [4.78, 5) is 13.3. The van der Waals surface area contributed by atoms with E-state index in [4.69, 9.17) is 9.98 Å². The lowest BCUT2D eigenvalue weighted by Gasteiger charge is -2.32. The van der Waals surface area contributed by atoms with E-state index in [1.54, 1.807) is 0 Å². The van der Waals surface area contributed by atoms with Crippen LogP contribution in [0.4, 0.5) is 0 Å². The largest absolute Gasteiger partial charge is 0.337 e. The molecule has 0 saturated heterocycles. The molecule has 1 aromatic heterocycles. The van der Waals surface area contributed by atoms with Crippen molar-refractivity contribution >= 4 is 17.2 Å². The Balaban J connectivity index is 1.75. The molecule has 5 aromatic rings. The van der Waals surface area contributed by atoms with Gasteiger partial charge >= 0.3 is 0 Å². The van der Waals surface area contributed by atoms with E-state index in [0.29, 0.717) is 0 Å². The second kappa shape index (κ2) is 7.80. The quantitative estimate of drug-likeness (QED) is 0.293. The van der Waals surface area contributed by atoms with Crippen LogP contribution in [0.15, 0.2) is 120 Å². The molecular formula is C27H21N3. The Morgan fingerprint density at radius 1 is 0.600 bits per heavy atom. The van der Waals surface area contributed by atoms with Crippen LogP contribution in [0.1, 0.15) is 22.5 Å². The Hall–Kier alpha value is -3.98. The summed E-state index contributed by atoms with van der Waals surface area (Å²) in [5.41, 5.74) is 4.58. The smallest absolute Gasteiger partial charge is 0.149 e. The number of aromatic amines is 1. The molecule has 0 unspecified atom stereocenters. The van der Waals surface area contributed by atoms with Crippen molar-refractivity contribution in [2.75, 3.05) is 0 Å². The highest BCUT2D eigenvalue weighted by atomic mass is 15.0. The summed E-state index contributed by atoms with van der Waals surface area (Å²) in [7, 11) is 0. The number of aromatic nitrogens is 2. The average molecular weight is 387 g/mol. The zero-order valence-electron chi connectivity index (χ0n) is 16.4. The van der Waals surface area contributed by atoms with Crippen LogP contribution >= 0.6 is 0 Å². The van der Waals surface area contributed by atoms with Gasteiger partial charge in [-0.15, -0.1) is 0 Å². The molecule has 0 amide bonds. The lowest BCUT2D eigenvalue weighted by molar-refractivity contribution is 0.659. The molecule has 0 spiro atoms. The molecule has 1 N–H and O–H groups in total. The molecule has 0 radical (unpaired) electrons. The van der Waals surface area contributed by atoms with E-state index in [0.717, 1.165) is 33.5 Å². The van der Waals surface area contributed by atoms with Crippen LogP contribution in [-0.4, -0.2) is 16.2 Å². The Morgan fingerprint density at radius 3 is 1.57 bits per heavy atom. The summed E-state index contributed by atoms with van der Waals surface area (Å²) in [6.45, 7) is 0. The van der Waals surface area contributed by atoms with E-state index in [9.17, 15) is 0 Å². The molecule has 0 aliphatic heterocycles. The number of benzene rings is 4. The molecule has 0 saturated carbocycles. The minimum absolute atomic E-state index is 0.678. The molecule has 3 nitrogen and oxygen atoms in total. The van der Waals surface area contributed by atoms with E-state index in [2.05, 4.69) is 77.8 Å². The summed E-state index contributed by atoms with van der Waals surface area (Å²) >= 11 is 0. The molecule has 5 rings (SSSR count). The standard InChI is InChI=1S/C27H21N3/c1-4-12-21(13-5-1)27(22-14-6-2-7-15-22,23-16-8-3-9-17-23)28-20-26-29-24-18-10-11-19-25(24)30-26/h1-20H,(H,29,30)/b28-20+. The predicted octanol–water partition coefficient (Wildman–Crippen LogP) is 5.97. The van der Waals surface area contributed by atoms with Crippen LogP contribution in [0.5, 0.6) is 0 Å². The van der Waals surface area contributed by atoms with Gasteiger partial charge in [0, 0.05) is 0 Å². The van der Waals surface area contributed by atoms with Crippen LogP contribution < -0.4 is 0 Å². The third kappa shape index (κ3) is 3.20. The number of nitrogens with one attached hydrogen (secondary N) is 1. The molecule has 0 atom stereocenters. The van der Waals surface area contributed by atoms with Crippen molar-refractivity contribution in [2.45, 2.75) is 5.54 Å². The molecule has 0 bridgehead atoms. The number of imidazole rings is 1. The van der Waals surface area contributed by atoms with Crippen LogP contribution in [0.2, 0.25) is 0 Å². The number of hydrogen-bond acceptors (Lipinski definition) is 2. The molecule has 1 heterocycles. The van der Waals surface area contributed by atoms with Crippen LogP contribution in [0.25, 0.3) is 11.0 Å². The summed E-state index contributed by atoms with van der Waals surface area (Å²) in [5, 5.41) is 0. The van der Waals surface area contributed by atoms with Gasteiger partial charge in [0.2, 0.25) is 0 Å². The summed E-state index contributed by atoms with van der Waals surface area (Å²) < 4.78 is 0. The van der Waals surface area contributed by atoms with Crippen LogP contribution in [0, 0.1) is 0 Å². The predicted molar refractivity (Wildman–Crippen MR) is 123 cm³/mol. The maximum atomic E-state index is 5.21. The third-order valence-electron chi connectivity index (χ3n) is 5.36. The zero-order chi connectivity index (χ0) is 20.2. The lowest BCUT2D eigenvalue weighted by Crippen LogP contribution is -2.27. The maximum absolute atomic E-state index is 5.21. The van der Waals surface area contributed by atoms with Gasteiger partial charge in [0.1, 0.15) is 11.4 Å². The van der Waals surface area contributed by atoms with Gasteiger partial charge in [-0.05, 0) is 28.8 Å². The maximum Gasteiger partial charge on any atom is 0.149 e. The Bertz CT molecular complexity index is 1140. The fourth-order valence-corrected chi connectivity index (χ4v) is 3.95. The highest BCUT2D eigenvalue weighted by Gasteiger charge is 2.35. The number of nitrogens with zero attached hydrogens (tertiary/aromatic N) is 2. The zero-order valence-corrected chi connectivity index (χ0v) is 16.4. The highest BCUT2D eigenvalue weighted by Crippen LogP contribution is 2.40. The topological polar surface area (TPSA) is 41.0 Å². The fraction of sp³-hybridized carbons (Fsp3) is 0.0370. The first-order valence-corrected chi connectivity index (χ1v) is 10.0. The van der Waals surface area contributed by atoms with Gasteiger partial charge in [-0.1, -0.05) is 103 Å². The van der Waals surface area contributed by atoms with Gasteiger partial charge in [0.05, 0.1) is 17.2 Å². The highest BCUT2D eigenvalue weighted by molar-refractivity contribution is 5.84. The molecule has 0 aliphatic rings. The van der Waals surface area contributed by atoms with Crippen molar-refractivity contribution in [3.63, 3.8) is 0 Å². The first-order valence-electron chi connectivity index (χ1n) is 10.0. The lowest BCUT2D eigenvalue weighted by atomic mass is 9.77. The molecule has 30 heavy (non-hydrogen) atoms. The van der Waals surface area contributed by atoms with Gasteiger partial charge in [-0.2, -0.15) is 0 Å². The van der Waals surface area contributed by atoms with Gasteiger partial charge in [0.25, 0.3) is 0 Å². The first-order chi connectivity index (χ1) is 14.9. The number of H-pyrrole nitrogens is 1. The first kappa shape index (κ1) is 18.1. The number of aliphatic imine (C=N–C) groups is 1. The molecule has 4 aromatic carbocycles. The van der Waals surface area contributed by atoms with E-state index >= 15 is 0 Å². The number of hydrogen-bond donors (Lipinski definition) is 1. The van der Waals surface area contributed by atoms with Crippen LogP contribution in [-0.2, 0) is 5.54 Å². The van der Waals surface area contributed by atoms with Gasteiger partial charge in [-0.25, -0.2) is 4.98 Å². The van der Waals surface area contributed by atoms with E-state index in [1.807, 2.05) is 48.7 Å². The molecule has 144 valence electrons. The van der Waals surface area contributed by atoms with Crippen molar-refractivity contribution < 1.29 is 0 Å². The number of para-hydroxylation sites is 2. The second-order valence-corrected chi connectivity index (χ2v) is 7.21. The SMILES string of the molecule is C(=N\C(c1ccccc1)(c1ccccc1)c1ccccc1)/c1nc2ccccc2[nH]1. The minimum atomic E-state index is -0.678. The van der Waals surface area contributed by atoms with Crippen molar-refractivity contribution in [2.24, 2.45) is 4.99 Å². The van der Waals surface area contributed by atoms with E-state index in [1.165, 1.54) is 0 Å². The summed E-state index contributed by atoms with van der Waals surface area (Å²) in [5.74, 6) is 0.739. The number of fused-ring (bicyclic) bond motifs is 1. The minimum Gasteiger partial charge on any atom is -0.337 e. The average Bonchev–Trinajstić information content (AvgIpc) is 3.25. The van der Waals surface area contributed by atoms with Crippen molar-refractivity contribution in [3.05, 3.63) is 138 Å². The third-order valence-corrected chi connectivity index (χ3v) is 5.36. The van der Waals surface area contributed by atoms with E-state index < -0.39 is 5.54 Å². The van der Waals surface area contributed by atoms with Gasteiger partial charge in [-0.3, -0.25) is 4.99 Å². The molecule has 0 aliphatic carbocycles. The summed E-state index contributed by atoms with van der Waals surface area (Å²) in [6, 6.07) is 39.3. The fourth-order valence-electron chi connectivity index (χ4n) is 3.95. The second-order valence-electron chi connectivity index (χ2n) is 7.21. The Labute approximate surface area is 175 Å².